The molecule has 110 valence electrons. The Morgan fingerprint density at radius 1 is 1.15 bits per heavy atom. The number of ether oxygens (including phenoxy) is 2. The lowest BCUT2D eigenvalue weighted by atomic mass is 10.1. The van der Waals surface area contributed by atoms with Crippen LogP contribution in [0.2, 0.25) is 0 Å². The number of urea groups is 1. The summed E-state index contributed by atoms with van der Waals surface area (Å²) < 4.78 is 10.2. The molecule has 2 amide bonds. The summed E-state index contributed by atoms with van der Waals surface area (Å²) in [5.41, 5.74) is -0.364. The summed E-state index contributed by atoms with van der Waals surface area (Å²) in [7, 11) is 1.49. The lowest BCUT2D eigenvalue weighted by Gasteiger charge is -2.20. The van der Waals surface area contributed by atoms with E-state index in [0.717, 1.165) is 0 Å². The van der Waals surface area contributed by atoms with Gasteiger partial charge in [0.2, 0.25) is 0 Å². The molecule has 20 heavy (non-hydrogen) atoms. The van der Waals surface area contributed by atoms with Gasteiger partial charge in [-0.2, -0.15) is 0 Å². The van der Waals surface area contributed by atoms with Gasteiger partial charge in [-0.05, 0) is 32.9 Å². The second-order valence-electron chi connectivity index (χ2n) is 5.18. The van der Waals surface area contributed by atoms with E-state index in [0.29, 0.717) is 11.5 Å². The number of amides is 2. The highest BCUT2D eigenvalue weighted by Crippen LogP contribution is 2.25. The normalized spacial score (nSPS) is 10.6. The number of hydrogen-bond acceptors (Lipinski definition) is 4. The summed E-state index contributed by atoms with van der Waals surface area (Å²) >= 11 is 0. The average Bonchev–Trinajstić information content (AvgIpc) is 2.35. The number of para-hydroxylation sites is 2. The lowest BCUT2D eigenvalue weighted by molar-refractivity contribution is -0.133. The van der Waals surface area contributed by atoms with Gasteiger partial charge in [-0.1, -0.05) is 12.1 Å². The second-order valence-corrected chi connectivity index (χ2v) is 5.18. The fourth-order valence-electron chi connectivity index (χ4n) is 1.40. The van der Waals surface area contributed by atoms with Crippen LogP contribution in [0.25, 0.3) is 0 Å². The van der Waals surface area contributed by atoms with Gasteiger partial charge in [-0.3, -0.25) is 0 Å². The summed E-state index contributed by atoms with van der Waals surface area (Å²) in [4.78, 5) is 23.1. The predicted molar refractivity (Wildman–Crippen MR) is 74.9 cm³/mol. The van der Waals surface area contributed by atoms with Crippen LogP contribution < -0.4 is 20.1 Å². The molecule has 1 aromatic carbocycles. The van der Waals surface area contributed by atoms with Crippen molar-refractivity contribution in [2.24, 2.45) is 0 Å². The van der Waals surface area contributed by atoms with Crippen molar-refractivity contribution in [1.82, 2.24) is 10.6 Å². The minimum atomic E-state index is -0.571. The molecule has 0 fully saturated rings. The highest BCUT2D eigenvalue weighted by atomic mass is 16.6. The van der Waals surface area contributed by atoms with Gasteiger partial charge in [-0.15, -0.1) is 0 Å². The van der Waals surface area contributed by atoms with Gasteiger partial charge in [-0.25, -0.2) is 9.59 Å². The van der Waals surface area contributed by atoms with E-state index in [4.69, 9.17) is 9.47 Å². The first kappa shape index (κ1) is 15.8. The third kappa shape index (κ3) is 5.60. The first-order valence-corrected chi connectivity index (χ1v) is 6.21. The molecule has 6 nitrogen and oxygen atoms in total. The Kier molecular flexibility index (Phi) is 5.37. The fourth-order valence-corrected chi connectivity index (χ4v) is 1.40. The highest BCUT2D eigenvalue weighted by molar-refractivity contribution is 5.82. The molecule has 0 heterocycles. The maximum absolute atomic E-state index is 11.6. The van der Waals surface area contributed by atoms with Crippen LogP contribution in [0.3, 0.4) is 0 Å². The Morgan fingerprint density at radius 2 is 1.75 bits per heavy atom. The van der Waals surface area contributed by atoms with Gasteiger partial charge in [0.05, 0.1) is 7.11 Å². The Hall–Kier alpha value is -2.24. The van der Waals surface area contributed by atoms with Crippen molar-refractivity contribution in [1.29, 1.82) is 0 Å². The van der Waals surface area contributed by atoms with Gasteiger partial charge in [0.25, 0.3) is 0 Å². The molecule has 0 radical (unpaired) electrons. The molecule has 0 saturated heterocycles. The SMILES string of the molecule is COc1ccccc1OC(=O)CNC(=O)NC(C)(C)C. The third-order valence-corrected chi connectivity index (χ3v) is 2.17. The van der Waals surface area contributed by atoms with E-state index in [-0.39, 0.29) is 12.1 Å². The molecule has 1 rings (SSSR count). The number of carbonyl (C=O) groups excluding carboxylic acids is 2. The number of hydrogen-bond donors (Lipinski definition) is 2. The molecule has 2 N–H and O–H groups in total. The van der Waals surface area contributed by atoms with E-state index >= 15 is 0 Å². The number of methoxy groups -OCH3 is 1. The van der Waals surface area contributed by atoms with E-state index in [1.54, 1.807) is 24.3 Å². The molecule has 0 aliphatic heterocycles. The minimum absolute atomic E-state index is 0.222. The average molecular weight is 280 g/mol. The number of benzene rings is 1. The zero-order valence-corrected chi connectivity index (χ0v) is 12.1. The van der Waals surface area contributed by atoms with Gasteiger partial charge < -0.3 is 20.1 Å². The summed E-state index contributed by atoms with van der Waals surface area (Å²) in [6.07, 6.45) is 0. The summed E-state index contributed by atoms with van der Waals surface area (Å²) in [5, 5.41) is 5.11. The monoisotopic (exact) mass is 280 g/mol. The Balaban J connectivity index is 2.46. The summed E-state index contributed by atoms with van der Waals surface area (Å²) in [6, 6.07) is 6.37. The van der Waals surface area contributed by atoms with Crippen molar-refractivity contribution in [2.75, 3.05) is 13.7 Å². The molecule has 0 saturated carbocycles. The second kappa shape index (κ2) is 6.79. The fraction of sp³-hybridized carbons (Fsp3) is 0.429. The molecule has 1 aromatic rings. The van der Waals surface area contributed by atoms with Crippen molar-refractivity contribution >= 4 is 12.0 Å². The molecule has 6 heteroatoms. The lowest BCUT2D eigenvalue weighted by Crippen LogP contribution is -2.48. The predicted octanol–water partition coefficient (Wildman–Crippen LogP) is 1.70. The maximum Gasteiger partial charge on any atom is 0.331 e. The van der Waals surface area contributed by atoms with E-state index < -0.39 is 12.0 Å². The zero-order valence-electron chi connectivity index (χ0n) is 12.1. The van der Waals surface area contributed by atoms with E-state index in [2.05, 4.69) is 10.6 Å². The maximum atomic E-state index is 11.6. The van der Waals surface area contributed by atoms with E-state index in [1.807, 2.05) is 20.8 Å². The molecule has 0 bridgehead atoms. The summed E-state index contributed by atoms with van der Waals surface area (Å²) in [5.74, 6) is 0.205. The van der Waals surface area contributed by atoms with Crippen molar-refractivity contribution in [3.63, 3.8) is 0 Å². The first-order chi connectivity index (χ1) is 9.31. The number of rotatable bonds is 4. The van der Waals surface area contributed by atoms with Crippen LogP contribution in [-0.2, 0) is 4.79 Å². The van der Waals surface area contributed by atoms with Crippen LogP contribution in [0, 0.1) is 0 Å². The molecular weight excluding hydrogens is 260 g/mol. The molecule has 0 unspecified atom stereocenters. The summed E-state index contributed by atoms with van der Waals surface area (Å²) in [6.45, 7) is 5.32. The Bertz CT molecular complexity index is 480. The largest absolute Gasteiger partial charge is 0.493 e. The molecule has 0 aliphatic rings. The van der Waals surface area contributed by atoms with Gasteiger partial charge in [0.1, 0.15) is 6.54 Å². The Morgan fingerprint density at radius 3 is 2.30 bits per heavy atom. The van der Waals surface area contributed by atoms with Crippen LogP contribution >= 0.6 is 0 Å². The smallest absolute Gasteiger partial charge is 0.331 e. The van der Waals surface area contributed by atoms with Gasteiger partial charge in [0.15, 0.2) is 11.5 Å². The van der Waals surface area contributed by atoms with Crippen LogP contribution in [0.4, 0.5) is 4.79 Å². The molecule has 0 atom stereocenters. The van der Waals surface area contributed by atoms with Crippen LogP contribution in [0.5, 0.6) is 11.5 Å². The zero-order chi connectivity index (χ0) is 15.2. The standard InChI is InChI=1S/C14H20N2O4/c1-14(2,3)16-13(18)15-9-12(17)20-11-8-6-5-7-10(11)19-4/h5-8H,9H2,1-4H3,(H2,15,16,18). The van der Waals surface area contributed by atoms with Crippen LogP contribution in [-0.4, -0.2) is 31.2 Å². The number of nitrogens with one attached hydrogen (secondary N) is 2. The van der Waals surface area contributed by atoms with Crippen molar-refractivity contribution in [3.05, 3.63) is 24.3 Å². The van der Waals surface area contributed by atoms with E-state index in [1.165, 1.54) is 7.11 Å². The van der Waals surface area contributed by atoms with Crippen molar-refractivity contribution < 1.29 is 19.1 Å². The minimum Gasteiger partial charge on any atom is -0.493 e. The first-order valence-electron chi connectivity index (χ1n) is 6.21. The Labute approximate surface area is 118 Å². The highest BCUT2D eigenvalue weighted by Gasteiger charge is 2.15. The third-order valence-electron chi connectivity index (χ3n) is 2.17. The topological polar surface area (TPSA) is 76.7 Å². The molecule has 0 spiro atoms. The molecule has 0 aliphatic carbocycles. The van der Waals surface area contributed by atoms with Gasteiger partial charge in [0, 0.05) is 5.54 Å². The van der Waals surface area contributed by atoms with Crippen LogP contribution in [0.1, 0.15) is 20.8 Å². The van der Waals surface area contributed by atoms with E-state index in [9.17, 15) is 9.59 Å². The van der Waals surface area contributed by atoms with Gasteiger partial charge >= 0.3 is 12.0 Å². The molecular formula is C14H20N2O4. The van der Waals surface area contributed by atoms with Crippen molar-refractivity contribution in [3.8, 4) is 11.5 Å². The van der Waals surface area contributed by atoms with Crippen LogP contribution in [0.15, 0.2) is 24.3 Å². The molecule has 0 aromatic heterocycles. The number of carbonyl (C=O) groups is 2. The van der Waals surface area contributed by atoms with Crippen molar-refractivity contribution in [2.45, 2.75) is 26.3 Å². The quantitative estimate of drug-likeness (QED) is 0.650. The number of esters is 1.